The molecule has 2 aliphatic rings. The summed E-state index contributed by atoms with van der Waals surface area (Å²) in [5.74, 6) is 4.48. The molecule has 13 N–H and O–H groups in total. The number of anilines is 3. The van der Waals surface area contributed by atoms with Crippen molar-refractivity contribution >= 4 is 17.6 Å². The first kappa shape index (κ1) is 30.7. The lowest BCUT2D eigenvalue weighted by Crippen LogP contribution is -2.31. The van der Waals surface area contributed by atoms with E-state index in [1.165, 1.54) is 51.4 Å². The highest BCUT2D eigenvalue weighted by Gasteiger charge is 2.22. The first-order chi connectivity index (χ1) is 15.8. The van der Waals surface area contributed by atoms with Crippen LogP contribution >= 0.6 is 0 Å². The Bertz CT molecular complexity index is 988. The van der Waals surface area contributed by atoms with Gasteiger partial charge in [-0.05, 0) is 68.5 Å². The molecule has 2 heterocycles. The van der Waals surface area contributed by atoms with Crippen LogP contribution in [0.15, 0.2) is 54.6 Å². The number of nitrogens with zero attached hydrogens (tertiary/aromatic N) is 4. The maximum absolute atomic E-state index is 5.90. The summed E-state index contributed by atoms with van der Waals surface area (Å²) < 4.78 is 5.90. The average Bonchev–Trinajstić information content (AvgIpc) is 2.87. The molecular weight excluding hydrogens is 454 g/mol. The van der Waals surface area contributed by atoms with E-state index in [-0.39, 0.29) is 30.3 Å². The van der Waals surface area contributed by atoms with Crippen LogP contribution < -0.4 is 39.6 Å². The van der Waals surface area contributed by atoms with Gasteiger partial charge in [-0.15, -0.1) is 0 Å². The summed E-state index contributed by atoms with van der Waals surface area (Å²) in [6.07, 6.45) is 9.90. The molecule has 0 radical (unpaired) electrons. The van der Waals surface area contributed by atoms with Crippen molar-refractivity contribution in [1.29, 1.82) is 0 Å². The third-order valence-corrected chi connectivity index (χ3v) is 6.34. The number of hydrogen-bond acceptors (Lipinski definition) is 10. The van der Waals surface area contributed by atoms with Crippen molar-refractivity contribution < 1.29 is 10.4 Å². The van der Waals surface area contributed by atoms with Gasteiger partial charge in [0.1, 0.15) is 17.3 Å². The fourth-order valence-electron chi connectivity index (χ4n) is 4.58. The SMILES string of the molecule is N.N.N.N.[HH].[HH].[HH].[HH].c1ccc(Oc2ccc(Nc3nc(C4CCCCC4)nc(N4CCCCC4)n3)cc2)cc1. The molecule has 0 spiro atoms. The number of piperidine rings is 1. The molecular formula is C26H51N9O. The van der Waals surface area contributed by atoms with Crippen molar-refractivity contribution in [3.63, 3.8) is 0 Å². The van der Waals surface area contributed by atoms with Crippen molar-refractivity contribution in [2.24, 2.45) is 0 Å². The summed E-state index contributed by atoms with van der Waals surface area (Å²) in [7, 11) is 0. The van der Waals surface area contributed by atoms with Gasteiger partial charge in [0, 0.05) is 30.4 Å². The molecule has 3 aromatic rings. The molecule has 0 atom stereocenters. The second kappa shape index (κ2) is 14.9. The van der Waals surface area contributed by atoms with Gasteiger partial charge >= 0.3 is 0 Å². The Kier molecular flexibility index (Phi) is 12.8. The summed E-state index contributed by atoms with van der Waals surface area (Å²) in [5, 5.41) is 3.41. The average molecular weight is 506 g/mol. The molecule has 36 heavy (non-hydrogen) atoms. The van der Waals surface area contributed by atoms with Gasteiger partial charge in [0.2, 0.25) is 11.9 Å². The van der Waals surface area contributed by atoms with Crippen LogP contribution in [0.5, 0.6) is 11.5 Å². The zero-order valence-corrected chi connectivity index (χ0v) is 21.4. The monoisotopic (exact) mass is 505 g/mol. The Balaban J connectivity index is -0.000000810. The highest BCUT2D eigenvalue weighted by molar-refractivity contribution is 5.56. The quantitative estimate of drug-likeness (QED) is 0.217. The zero-order chi connectivity index (χ0) is 21.6. The maximum Gasteiger partial charge on any atom is 0.232 e. The first-order valence-electron chi connectivity index (χ1n) is 11.9. The molecule has 2 aromatic carbocycles. The van der Waals surface area contributed by atoms with Crippen LogP contribution in [-0.2, 0) is 0 Å². The Labute approximate surface area is 220 Å². The largest absolute Gasteiger partial charge is 0.457 e. The fourth-order valence-corrected chi connectivity index (χ4v) is 4.58. The van der Waals surface area contributed by atoms with Gasteiger partial charge in [-0.2, -0.15) is 15.0 Å². The molecule has 0 amide bonds. The van der Waals surface area contributed by atoms with Crippen LogP contribution in [0.4, 0.5) is 17.6 Å². The molecule has 0 bridgehead atoms. The number of para-hydroxylation sites is 1. The van der Waals surface area contributed by atoms with Gasteiger partial charge in [0.05, 0.1) is 0 Å². The van der Waals surface area contributed by atoms with E-state index in [4.69, 9.17) is 19.7 Å². The molecule has 5 rings (SSSR count). The van der Waals surface area contributed by atoms with Crippen molar-refractivity contribution in [2.45, 2.75) is 57.3 Å². The lowest BCUT2D eigenvalue weighted by atomic mass is 9.89. The number of hydrogen-bond donors (Lipinski definition) is 5. The molecule has 1 aliphatic carbocycles. The molecule has 2 fully saturated rings. The highest BCUT2D eigenvalue weighted by Crippen LogP contribution is 2.32. The summed E-state index contributed by atoms with van der Waals surface area (Å²) in [4.78, 5) is 16.9. The molecule has 206 valence electrons. The second-order valence-electron chi connectivity index (χ2n) is 8.76. The van der Waals surface area contributed by atoms with E-state index < -0.39 is 0 Å². The smallest absolute Gasteiger partial charge is 0.232 e. The number of ether oxygens (including phenoxy) is 1. The minimum atomic E-state index is 0. The number of nitrogens with one attached hydrogen (secondary N) is 1. The summed E-state index contributed by atoms with van der Waals surface area (Å²) in [6, 6.07) is 17.7. The highest BCUT2D eigenvalue weighted by atomic mass is 16.5. The van der Waals surface area contributed by atoms with Crippen LogP contribution in [0.25, 0.3) is 0 Å². The van der Waals surface area contributed by atoms with Crippen molar-refractivity contribution in [2.75, 3.05) is 23.3 Å². The summed E-state index contributed by atoms with van der Waals surface area (Å²) in [5.41, 5.74) is 0.941. The molecule has 1 aromatic heterocycles. The van der Waals surface area contributed by atoms with E-state index in [1.807, 2.05) is 54.6 Å². The van der Waals surface area contributed by atoms with Gasteiger partial charge in [0.25, 0.3) is 0 Å². The molecule has 1 saturated carbocycles. The van der Waals surface area contributed by atoms with E-state index in [2.05, 4.69) is 10.2 Å². The Morgan fingerprint density at radius 2 is 1.31 bits per heavy atom. The first-order valence-corrected chi connectivity index (χ1v) is 11.9. The maximum atomic E-state index is 5.90. The fraction of sp³-hybridized carbons (Fsp3) is 0.423. The van der Waals surface area contributed by atoms with Crippen LogP contribution in [0, 0.1) is 0 Å². The van der Waals surface area contributed by atoms with Gasteiger partial charge in [-0.1, -0.05) is 37.5 Å². The number of benzene rings is 2. The second-order valence-corrected chi connectivity index (χ2v) is 8.76. The summed E-state index contributed by atoms with van der Waals surface area (Å²) in [6.45, 7) is 2.05. The van der Waals surface area contributed by atoms with E-state index in [0.29, 0.717) is 11.9 Å². The van der Waals surface area contributed by atoms with E-state index in [0.717, 1.165) is 42.0 Å². The van der Waals surface area contributed by atoms with Crippen molar-refractivity contribution in [3.05, 3.63) is 60.4 Å². The third kappa shape index (κ3) is 7.85. The minimum Gasteiger partial charge on any atom is -0.457 e. The van der Waals surface area contributed by atoms with Crippen molar-refractivity contribution in [1.82, 2.24) is 39.6 Å². The number of aromatic nitrogens is 3. The lowest BCUT2D eigenvalue weighted by molar-refractivity contribution is 0.427. The number of rotatable bonds is 6. The third-order valence-electron chi connectivity index (χ3n) is 6.34. The Morgan fingerprint density at radius 3 is 1.97 bits per heavy atom. The van der Waals surface area contributed by atoms with Crippen LogP contribution in [0.3, 0.4) is 0 Å². The molecule has 10 heteroatoms. The standard InChI is InChI=1S/C26H31N5O.4H3N.4H2/c1-4-10-20(11-5-1)24-28-25(30-26(29-24)31-18-8-3-9-19-31)27-21-14-16-23(17-15-21)32-22-12-6-2-7-13-22;;;;;;;;/h2,6-7,12-17,20H,1,3-5,8-11,18-19H2,(H,27,28,29,30);4*1H3;4*1H. The lowest BCUT2D eigenvalue weighted by Gasteiger charge is -2.28. The van der Waals surface area contributed by atoms with Gasteiger partial charge < -0.3 is 39.6 Å². The molecule has 0 unspecified atom stereocenters. The topological polar surface area (TPSA) is 203 Å². The van der Waals surface area contributed by atoms with Crippen LogP contribution in [0.2, 0.25) is 0 Å². The molecule has 1 saturated heterocycles. The van der Waals surface area contributed by atoms with Gasteiger partial charge in [-0.25, -0.2) is 0 Å². The predicted molar refractivity (Wildman–Crippen MR) is 157 cm³/mol. The van der Waals surface area contributed by atoms with E-state index >= 15 is 0 Å². The summed E-state index contributed by atoms with van der Waals surface area (Å²) >= 11 is 0. The van der Waals surface area contributed by atoms with Gasteiger partial charge in [-0.3, -0.25) is 0 Å². The van der Waals surface area contributed by atoms with E-state index in [9.17, 15) is 0 Å². The van der Waals surface area contributed by atoms with Gasteiger partial charge in [0.15, 0.2) is 0 Å². The van der Waals surface area contributed by atoms with Crippen LogP contribution in [0.1, 0.15) is 68.8 Å². The molecule has 1 aliphatic heterocycles. The predicted octanol–water partition coefficient (Wildman–Crippen LogP) is 8.08. The van der Waals surface area contributed by atoms with Crippen molar-refractivity contribution in [3.8, 4) is 11.5 Å². The van der Waals surface area contributed by atoms with Crippen LogP contribution in [-0.4, -0.2) is 28.0 Å². The van der Waals surface area contributed by atoms with E-state index in [1.54, 1.807) is 0 Å². The zero-order valence-electron chi connectivity index (χ0n) is 21.4. The normalized spacial score (nSPS) is 15.3. The Morgan fingerprint density at radius 1 is 0.694 bits per heavy atom. The molecule has 10 nitrogen and oxygen atoms in total. The Hall–Kier alpha value is -3.31. The minimum absolute atomic E-state index is 0.